The third-order valence-electron chi connectivity index (χ3n) is 3.71. The second kappa shape index (κ2) is 8.08. The van der Waals surface area contributed by atoms with Gasteiger partial charge in [0.15, 0.2) is 0 Å². The first-order chi connectivity index (χ1) is 7.83. The fourth-order valence-electron chi connectivity index (χ4n) is 2.34. The van der Waals surface area contributed by atoms with Crippen molar-refractivity contribution in [3.05, 3.63) is 0 Å². The van der Waals surface area contributed by atoms with E-state index in [1.807, 2.05) is 0 Å². The summed E-state index contributed by atoms with van der Waals surface area (Å²) < 4.78 is 5.19. The third-order valence-corrected chi connectivity index (χ3v) is 3.71. The molecule has 2 nitrogen and oxygen atoms in total. The topological polar surface area (TPSA) is 29.5 Å². The average molecular weight is 228 g/mol. The van der Waals surface area contributed by atoms with Gasteiger partial charge >= 0.3 is 0 Å². The highest BCUT2D eigenvalue weighted by Gasteiger charge is 2.36. The Kier molecular flexibility index (Phi) is 7.06. The van der Waals surface area contributed by atoms with Crippen LogP contribution in [0.1, 0.15) is 64.7 Å². The van der Waals surface area contributed by atoms with Gasteiger partial charge in [0.2, 0.25) is 0 Å². The van der Waals surface area contributed by atoms with Crippen molar-refractivity contribution in [3.63, 3.8) is 0 Å². The molecule has 0 radical (unpaired) electrons. The molecule has 0 aromatic heterocycles. The first-order valence-corrected chi connectivity index (χ1v) is 7.01. The van der Waals surface area contributed by atoms with Crippen LogP contribution < -0.4 is 0 Å². The van der Waals surface area contributed by atoms with E-state index < -0.39 is 0 Å². The second-order valence-electron chi connectivity index (χ2n) is 5.38. The van der Waals surface area contributed by atoms with Crippen molar-refractivity contribution in [1.82, 2.24) is 0 Å². The van der Waals surface area contributed by atoms with E-state index in [1.165, 1.54) is 51.4 Å². The summed E-state index contributed by atoms with van der Waals surface area (Å²) in [7, 11) is 0. The van der Waals surface area contributed by atoms with Crippen LogP contribution in [0.25, 0.3) is 0 Å². The molecule has 1 aliphatic heterocycles. The molecule has 0 aliphatic carbocycles. The second-order valence-corrected chi connectivity index (χ2v) is 5.38. The summed E-state index contributed by atoms with van der Waals surface area (Å²) in [6, 6.07) is 0. The van der Waals surface area contributed by atoms with Crippen LogP contribution in [0, 0.1) is 5.41 Å². The first-order valence-electron chi connectivity index (χ1n) is 7.01. The molecule has 16 heavy (non-hydrogen) atoms. The van der Waals surface area contributed by atoms with Crippen LogP contribution in [0.3, 0.4) is 0 Å². The molecule has 2 heteroatoms. The van der Waals surface area contributed by atoms with E-state index in [1.54, 1.807) is 0 Å². The molecule has 1 heterocycles. The Labute approximate surface area is 100 Å². The smallest absolute Gasteiger partial charge is 0.0566 e. The summed E-state index contributed by atoms with van der Waals surface area (Å²) in [4.78, 5) is 0. The molecule has 0 spiro atoms. The van der Waals surface area contributed by atoms with Crippen LogP contribution in [0.4, 0.5) is 0 Å². The van der Waals surface area contributed by atoms with E-state index >= 15 is 0 Å². The lowest BCUT2D eigenvalue weighted by atomic mass is 9.81. The van der Waals surface area contributed by atoms with Crippen LogP contribution >= 0.6 is 0 Å². The van der Waals surface area contributed by atoms with E-state index in [0.29, 0.717) is 6.61 Å². The molecule has 96 valence electrons. The van der Waals surface area contributed by atoms with Gasteiger partial charge in [-0.1, -0.05) is 58.3 Å². The molecular weight excluding hydrogens is 200 g/mol. The van der Waals surface area contributed by atoms with Gasteiger partial charge in [-0.3, -0.25) is 0 Å². The van der Waals surface area contributed by atoms with Crippen molar-refractivity contribution in [2.24, 2.45) is 5.41 Å². The van der Waals surface area contributed by atoms with E-state index in [-0.39, 0.29) is 5.41 Å². The lowest BCUT2D eigenvalue weighted by molar-refractivity contribution is -0.141. The minimum atomic E-state index is 0.141. The minimum absolute atomic E-state index is 0.141. The van der Waals surface area contributed by atoms with Crippen molar-refractivity contribution in [3.8, 4) is 0 Å². The third kappa shape index (κ3) is 4.84. The zero-order chi connectivity index (χ0) is 11.7. The predicted molar refractivity (Wildman–Crippen MR) is 67.6 cm³/mol. The lowest BCUT2D eigenvalue weighted by Gasteiger charge is -2.40. The van der Waals surface area contributed by atoms with Crippen molar-refractivity contribution in [2.45, 2.75) is 64.7 Å². The molecule has 0 unspecified atom stereocenters. The minimum Gasteiger partial charge on any atom is -0.396 e. The fraction of sp³-hybridized carbons (Fsp3) is 1.00. The van der Waals surface area contributed by atoms with Crippen LogP contribution in [0.2, 0.25) is 0 Å². The maximum absolute atomic E-state index is 9.26. The molecular formula is C14H28O2. The molecule has 1 saturated heterocycles. The van der Waals surface area contributed by atoms with Gasteiger partial charge in [-0.2, -0.15) is 0 Å². The van der Waals surface area contributed by atoms with Gasteiger partial charge in [0.1, 0.15) is 0 Å². The molecule has 1 rings (SSSR count). The molecule has 0 bridgehead atoms. The molecule has 1 fully saturated rings. The molecule has 0 aromatic carbocycles. The van der Waals surface area contributed by atoms with Crippen molar-refractivity contribution in [2.75, 3.05) is 19.8 Å². The summed E-state index contributed by atoms with van der Waals surface area (Å²) in [6.07, 6.45) is 12.0. The van der Waals surface area contributed by atoms with Crippen molar-refractivity contribution < 1.29 is 9.84 Å². The standard InChI is InChI=1S/C14H28O2/c1-2-3-4-5-6-7-8-9-10-14(11-15)12-16-13-14/h15H,2-13H2,1H3. The summed E-state index contributed by atoms with van der Waals surface area (Å²) in [5.74, 6) is 0. The molecule has 1 N–H and O–H groups in total. The Morgan fingerprint density at radius 1 is 0.938 bits per heavy atom. The first kappa shape index (κ1) is 14.0. The molecule has 0 aromatic rings. The Balaban J connectivity index is 1.84. The summed E-state index contributed by atoms with van der Waals surface area (Å²) >= 11 is 0. The van der Waals surface area contributed by atoms with Crippen LogP contribution in [0.15, 0.2) is 0 Å². The monoisotopic (exact) mass is 228 g/mol. The van der Waals surface area contributed by atoms with Crippen LogP contribution in [-0.4, -0.2) is 24.9 Å². The lowest BCUT2D eigenvalue weighted by Crippen LogP contribution is -2.45. The van der Waals surface area contributed by atoms with Gasteiger partial charge in [-0.15, -0.1) is 0 Å². The number of hydrogen-bond donors (Lipinski definition) is 1. The normalized spacial score (nSPS) is 18.4. The van der Waals surface area contributed by atoms with E-state index in [0.717, 1.165) is 19.6 Å². The Morgan fingerprint density at radius 2 is 1.50 bits per heavy atom. The molecule has 0 amide bonds. The summed E-state index contributed by atoms with van der Waals surface area (Å²) in [5.41, 5.74) is 0.141. The van der Waals surface area contributed by atoms with Gasteiger partial charge in [-0.05, 0) is 6.42 Å². The largest absolute Gasteiger partial charge is 0.396 e. The van der Waals surface area contributed by atoms with Crippen LogP contribution in [-0.2, 0) is 4.74 Å². The number of hydrogen-bond acceptors (Lipinski definition) is 2. The Hall–Kier alpha value is -0.0800. The summed E-state index contributed by atoms with van der Waals surface area (Å²) in [5, 5.41) is 9.26. The maximum atomic E-state index is 9.26. The van der Waals surface area contributed by atoms with Gasteiger partial charge in [0, 0.05) is 5.41 Å². The van der Waals surface area contributed by atoms with Crippen LogP contribution in [0.5, 0.6) is 0 Å². The van der Waals surface area contributed by atoms with Gasteiger partial charge in [-0.25, -0.2) is 0 Å². The molecule has 0 saturated carbocycles. The predicted octanol–water partition coefficient (Wildman–Crippen LogP) is 3.53. The maximum Gasteiger partial charge on any atom is 0.0566 e. The zero-order valence-electron chi connectivity index (χ0n) is 10.8. The van der Waals surface area contributed by atoms with Gasteiger partial charge < -0.3 is 9.84 Å². The SMILES string of the molecule is CCCCCCCCCCC1(CO)COC1. The number of aliphatic hydroxyl groups excluding tert-OH is 1. The number of aliphatic hydroxyl groups is 1. The Bertz CT molecular complexity index is 159. The fourth-order valence-corrected chi connectivity index (χ4v) is 2.34. The quantitative estimate of drug-likeness (QED) is 0.580. The van der Waals surface area contributed by atoms with Crippen molar-refractivity contribution in [1.29, 1.82) is 0 Å². The van der Waals surface area contributed by atoms with Crippen molar-refractivity contribution >= 4 is 0 Å². The zero-order valence-corrected chi connectivity index (χ0v) is 10.8. The number of ether oxygens (including phenoxy) is 1. The van der Waals surface area contributed by atoms with E-state index in [9.17, 15) is 5.11 Å². The highest BCUT2D eigenvalue weighted by molar-refractivity contribution is 4.84. The summed E-state index contributed by atoms with van der Waals surface area (Å²) in [6.45, 7) is 4.12. The van der Waals surface area contributed by atoms with Gasteiger partial charge in [0.05, 0.1) is 19.8 Å². The molecule has 0 atom stereocenters. The average Bonchev–Trinajstić information content (AvgIpc) is 2.25. The molecule has 1 aliphatic rings. The number of unbranched alkanes of at least 4 members (excludes halogenated alkanes) is 7. The van der Waals surface area contributed by atoms with E-state index in [2.05, 4.69) is 6.92 Å². The van der Waals surface area contributed by atoms with E-state index in [4.69, 9.17) is 4.74 Å². The highest BCUT2D eigenvalue weighted by atomic mass is 16.5. The number of rotatable bonds is 10. The van der Waals surface area contributed by atoms with Gasteiger partial charge in [0.25, 0.3) is 0 Å². The Morgan fingerprint density at radius 3 is 1.94 bits per heavy atom. The highest BCUT2D eigenvalue weighted by Crippen LogP contribution is 2.32.